The van der Waals surface area contributed by atoms with Gasteiger partial charge in [0, 0.05) is 22.2 Å². The minimum absolute atomic E-state index is 0.0362. The highest BCUT2D eigenvalue weighted by atomic mass is 16.8. The van der Waals surface area contributed by atoms with Crippen LogP contribution in [0.3, 0.4) is 0 Å². The molecular formula is C52H84O22. The zero-order valence-electron chi connectivity index (χ0n) is 43.3. The summed E-state index contributed by atoms with van der Waals surface area (Å²) in [5.74, 6) is 0.0943. The number of hydrogen-bond acceptors (Lipinski definition) is 22. The zero-order chi connectivity index (χ0) is 53.5. The summed E-state index contributed by atoms with van der Waals surface area (Å²) < 4.78 is 55.7. The lowest BCUT2D eigenvalue weighted by atomic mass is 9.32. The van der Waals surface area contributed by atoms with E-state index in [4.69, 9.17) is 42.6 Å². The van der Waals surface area contributed by atoms with Crippen molar-refractivity contribution in [3.63, 3.8) is 0 Å². The average Bonchev–Trinajstić information content (AvgIpc) is 3.64. The molecule has 4 saturated carbocycles. The third-order valence-electron chi connectivity index (χ3n) is 21.4. The normalized spacial score (nSPS) is 58.0. The van der Waals surface area contributed by atoms with E-state index in [1.807, 2.05) is 6.92 Å². The maximum absolute atomic E-state index is 12.4. The second-order valence-corrected chi connectivity index (χ2v) is 25.7. The van der Waals surface area contributed by atoms with Crippen LogP contribution in [-0.2, 0) is 42.6 Å². The van der Waals surface area contributed by atoms with E-state index in [0.29, 0.717) is 32.3 Å². The van der Waals surface area contributed by atoms with Crippen molar-refractivity contribution in [3.8, 4) is 0 Å². The largest absolute Gasteiger partial charge is 0.396 e. The van der Waals surface area contributed by atoms with E-state index >= 15 is 0 Å². The predicted molar refractivity (Wildman–Crippen MR) is 251 cm³/mol. The Morgan fingerprint density at radius 2 is 1.20 bits per heavy atom. The van der Waals surface area contributed by atoms with Gasteiger partial charge in [-0.1, -0.05) is 53.7 Å². The number of aliphatic hydroxyl groups is 13. The summed E-state index contributed by atoms with van der Waals surface area (Å²) in [7, 11) is 0. The van der Waals surface area contributed by atoms with Crippen LogP contribution in [-0.4, -0.2) is 234 Å². The van der Waals surface area contributed by atoms with Crippen LogP contribution in [0.2, 0.25) is 0 Å². The SMILES string of the molecule is CC1(C)CCC23COC4(C=CC5C6(C)CCC(OC7OCC(OC8OC(CO)C(O)C(O)C8OC8OCC(O)C(O)C8O)C(O)C7OC7OC(CO)C(O)C(O)C7O)C(C)(CO)C6CCC5(C)C4(C)CC2O)C3C1. The number of hydrogen-bond donors (Lipinski definition) is 13. The van der Waals surface area contributed by atoms with Crippen LogP contribution in [0.4, 0.5) is 0 Å². The van der Waals surface area contributed by atoms with Crippen LogP contribution in [0.5, 0.6) is 0 Å². The fourth-order valence-electron chi connectivity index (χ4n) is 16.7. The fraction of sp³-hybridized carbons (Fsp3) is 0.962. The monoisotopic (exact) mass is 1060 g/mol. The lowest BCUT2D eigenvalue weighted by Crippen LogP contribution is -2.72. The number of allylic oxidation sites excluding steroid dienone is 1. The molecule has 424 valence electrons. The van der Waals surface area contributed by atoms with Crippen molar-refractivity contribution in [1.82, 2.24) is 0 Å². The highest BCUT2D eigenvalue weighted by Crippen LogP contribution is 2.79. The molecule has 0 radical (unpaired) electrons. The number of ether oxygens (including phenoxy) is 9. The predicted octanol–water partition coefficient (Wildman–Crippen LogP) is -2.32. The quantitative estimate of drug-likeness (QED) is 0.0763. The highest BCUT2D eigenvalue weighted by molar-refractivity contribution is 5.36. The summed E-state index contributed by atoms with van der Waals surface area (Å²) in [4.78, 5) is 0. The Morgan fingerprint density at radius 1 is 0.568 bits per heavy atom. The Balaban J connectivity index is 0.923. The molecule has 22 heteroatoms. The molecule has 2 bridgehead atoms. The third-order valence-corrected chi connectivity index (χ3v) is 21.4. The maximum atomic E-state index is 12.4. The van der Waals surface area contributed by atoms with E-state index < -0.39 is 166 Å². The summed E-state index contributed by atoms with van der Waals surface area (Å²) in [5.41, 5.74) is -2.68. The van der Waals surface area contributed by atoms with E-state index in [1.165, 1.54) is 0 Å². The van der Waals surface area contributed by atoms with Crippen LogP contribution < -0.4 is 0 Å². The fourth-order valence-corrected chi connectivity index (χ4v) is 16.7. The lowest BCUT2D eigenvalue weighted by Gasteiger charge is -2.73. The second-order valence-electron chi connectivity index (χ2n) is 25.7. The first-order valence-corrected chi connectivity index (χ1v) is 26.9. The Hall–Kier alpha value is -1.14. The van der Waals surface area contributed by atoms with Crippen LogP contribution >= 0.6 is 0 Å². The van der Waals surface area contributed by atoms with Crippen molar-refractivity contribution in [3.05, 3.63) is 12.2 Å². The van der Waals surface area contributed by atoms with Crippen molar-refractivity contribution in [2.45, 2.75) is 221 Å². The van der Waals surface area contributed by atoms with E-state index in [-0.39, 0.29) is 46.0 Å². The highest BCUT2D eigenvalue weighted by Gasteiger charge is 2.79. The Labute approximate surface area is 431 Å². The van der Waals surface area contributed by atoms with Gasteiger partial charge in [-0.15, -0.1) is 0 Å². The second kappa shape index (κ2) is 19.8. The van der Waals surface area contributed by atoms with Crippen molar-refractivity contribution in [2.24, 2.45) is 50.2 Å². The van der Waals surface area contributed by atoms with Crippen LogP contribution in [0.25, 0.3) is 0 Å². The molecule has 1 spiro atoms. The van der Waals surface area contributed by atoms with Crippen molar-refractivity contribution >= 4 is 0 Å². The molecular weight excluding hydrogens is 977 g/mol. The Morgan fingerprint density at radius 3 is 1.89 bits per heavy atom. The molecule has 9 fully saturated rings. The molecule has 0 aromatic carbocycles. The molecule has 0 aromatic heterocycles. The molecule has 5 aliphatic heterocycles. The third kappa shape index (κ3) is 8.32. The minimum atomic E-state index is -1.92. The van der Waals surface area contributed by atoms with Gasteiger partial charge in [0.25, 0.3) is 0 Å². The molecule has 0 aromatic rings. The molecule has 22 nitrogen and oxygen atoms in total. The lowest BCUT2D eigenvalue weighted by molar-refractivity contribution is -0.392. The Kier molecular flexibility index (Phi) is 15.1. The molecule has 5 heterocycles. The van der Waals surface area contributed by atoms with Gasteiger partial charge in [-0.25, -0.2) is 0 Å². The smallest absolute Gasteiger partial charge is 0.187 e. The van der Waals surface area contributed by atoms with Crippen molar-refractivity contribution in [2.75, 3.05) is 39.6 Å². The number of fused-ring (bicyclic) bond motifs is 4. The summed E-state index contributed by atoms with van der Waals surface area (Å²) in [6.07, 6.45) is -20.7. The van der Waals surface area contributed by atoms with Gasteiger partial charge in [-0.05, 0) is 79.4 Å². The molecule has 13 N–H and O–H groups in total. The molecule has 5 saturated heterocycles. The van der Waals surface area contributed by atoms with Crippen LogP contribution in [0.1, 0.15) is 92.9 Å². The van der Waals surface area contributed by atoms with E-state index in [1.54, 1.807) is 0 Å². The van der Waals surface area contributed by atoms with Crippen LogP contribution in [0, 0.1) is 50.2 Å². The number of aliphatic hydroxyl groups excluding tert-OH is 13. The molecule has 29 atom stereocenters. The first kappa shape index (κ1) is 56.1. The zero-order valence-corrected chi connectivity index (χ0v) is 43.3. The minimum Gasteiger partial charge on any atom is -0.396 e. The van der Waals surface area contributed by atoms with Crippen LogP contribution in [0.15, 0.2) is 12.2 Å². The maximum Gasteiger partial charge on any atom is 0.187 e. The number of rotatable bonds is 11. The van der Waals surface area contributed by atoms with Gasteiger partial charge in [0.1, 0.15) is 85.5 Å². The Bertz CT molecular complexity index is 2030. The first-order valence-electron chi connectivity index (χ1n) is 26.9. The summed E-state index contributed by atoms with van der Waals surface area (Å²) in [5, 5.41) is 142. The van der Waals surface area contributed by atoms with Gasteiger partial charge in [0.05, 0.1) is 57.5 Å². The van der Waals surface area contributed by atoms with E-state index in [9.17, 15) is 66.4 Å². The van der Waals surface area contributed by atoms with Crippen molar-refractivity contribution < 1.29 is 109 Å². The van der Waals surface area contributed by atoms with Crippen molar-refractivity contribution in [1.29, 1.82) is 0 Å². The molecule has 5 aliphatic carbocycles. The van der Waals surface area contributed by atoms with E-state index in [2.05, 4.69) is 46.8 Å². The molecule has 0 amide bonds. The van der Waals surface area contributed by atoms with Gasteiger partial charge < -0.3 is 109 Å². The average molecular weight is 1060 g/mol. The first-order chi connectivity index (χ1) is 34.8. The van der Waals surface area contributed by atoms with E-state index in [0.717, 1.165) is 25.7 Å². The van der Waals surface area contributed by atoms with Gasteiger partial charge in [0.15, 0.2) is 25.2 Å². The molecule has 10 rings (SSSR count). The van der Waals surface area contributed by atoms with Gasteiger partial charge in [-0.2, -0.15) is 0 Å². The van der Waals surface area contributed by atoms with Gasteiger partial charge >= 0.3 is 0 Å². The summed E-state index contributed by atoms with van der Waals surface area (Å²) >= 11 is 0. The summed E-state index contributed by atoms with van der Waals surface area (Å²) in [6.45, 7) is 11.4. The molecule has 10 aliphatic rings. The standard InChI is InChI=1S/C52H84O22/c1-46(2)13-14-51-22-68-52(29(51)15-46)12-8-28-47(3)10-9-31(48(4,21-55)27(47)7-11-49(28,5)50(52,6)16-30(51)57)72-44-40(74-43-39(65)36(62)33(59)24(17-53)69-43)35(61)26(20-67-44)71-45-41(37(63)34(60)25(18-54)70-45)73-42-38(64)32(58)23(56)19-66-42/h8,12,23-45,53-65H,7,9-11,13-22H2,1-6H3. The topological polar surface area (TPSA) is 346 Å². The molecule has 29 unspecified atom stereocenters. The molecule has 74 heavy (non-hydrogen) atoms. The van der Waals surface area contributed by atoms with Gasteiger partial charge in [0.2, 0.25) is 0 Å². The summed E-state index contributed by atoms with van der Waals surface area (Å²) in [6, 6.07) is 0. The van der Waals surface area contributed by atoms with Gasteiger partial charge in [-0.3, -0.25) is 0 Å².